The zero-order chi connectivity index (χ0) is 17.2. The highest BCUT2D eigenvalue weighted by atomic mass is 16.5. The van der Waals surface area contributed by atoms with Crippen LogP contribution in [0.3, 0.4) is 0 Å². The third kappa shape index (κ3) is 3.78. The Kier molecular flexibility index (Phi) is 4.34. The van der Waals surface area contributed by atoms with Crippen molar-refractivity contribution in [1.29, 1.82) is 0 Å². The van der Waals surface area contributed by atoms with Crippen molar-refractivity contribution >= 4 is 17.3 Å². The lowest BCUT2D eigenvalue weighted by molar-refractivity contribution is 0.415. The zero-order valence-electron chi connectivity index (χ0n) is 14.9. The summed E-state index contributed by atoms with van der Waals surface area (Å²) in [7, 11) is 1.70. The highest BCUT2D eigenvalue weighted by Crippen LogP contribution is 2.26. The van der Waals surface area contributed by atoms with Gasteiger partial charge >= 0.3 is 0 Å². The zero-order valence-corrected chi connectivity index (χ0v) is 14.9. The van der Waals surface area contributed by atoms with Crippen LogP contribution in [0.4, 0.5) is 17.3 Å². The fourth-order valence-electron chi connectivity index (χ4n) is 3.21. The average Bonchev–Trinajstić information content (AvgIpc) is 3.45. The number of nitrogens with zero attached hydrogens (tertiary/aromatic N) is 4. The van der Waals surface area contributed by atoms with E-state index in [2.05, 4.69) is 43.3 Å². The molecule has 1 saturated heterocycles. The first kappa shape index (κ1) is 16.0. The van der Waals surface area contributed by atoms with Crippen molar-refractivity contribution < 1.29 is 4.74 Å². The minimum atomic E-state index is 0.606. The number of anilines is 3. The maximum absolute atomic E-state index is 5.24. The van der Waals surface area contributed by atoms with Gasteiger partial charge in [0.15, 0.2) is 0 Å². The third-order valence-electron chi connectivity index (χ3n) is 4.80. The second kappa shape index (κ2) is 6.78. The molecule has 4 rings (SSSR count). The van der Waals surface area contributed by atoms with Crippen LogP contribution in [-0.4, -0.2) is 49.3 Å². The monoisotopic (exact) mass is 339 g/mol. The highest BCUT2D eigenvalue weighted by molar-refractivity contribution is 5.54. The number of rotatable bonds is 5. The standard InChI is InChI=1S/C19H25N5O/c1-14-20-18(22-15-3-4-15)13-19(21-14)24-11-9-23(10-12-24)16-5-7-17(25-2)8-6-16/h5-8,13,15H,3-4,9-12H2,1-2H3,(H,20,21,22). The molecule has 1 saturated carbocycles. The largest absolute Gasteiger partial charge is 0.497 e. The van der Waals surface area contributed by atoms with E-state index in [1.807, 2.05) is 19.1 Å². The second-order valence-electron chi connectivity index (χ2n) is 6.75. The van der Waals surface area contributed by atoms with E-state index in [4.69, 9.17) is 4.74 Å². The fraction of sp³-hybridized carbons (Fsp3) is 0.474. The molecule has 0 atom stereocenters. The number of piperazine rings is 1. The van der Waals surface area contributed by atoms with Crippen LogP contribution >= 0.6 is 0 Å². The Morgan fingerprint density at radius 2 is 1.68 bits per heavy atom. The predicted molar refractivity (Wildman–Crippen MR) is 101 cm³/mol. The van der Waals surface area contributed by atoms with Gasteiger partial charge in [-0.15, -0.1) is 0 Å². The summed E-state index contributed by atoms with van der Waals surface area (Å²) in [6, 6.07) is 11.0. The van der Waals surface area contributed by atoms with Gasteiger partial charge in [-0.05, 0) is 44.0 Å². The summed E-state index contributed by atoms with van der Waals surface area (Å²) in [4.78, 5) is 13.9. The summed E-state index contributed by atoms with van der Waals surface area (Å²) >= 11 is 0. The number of aryl methyl sites for hydroxylation is 1. The number of methoxy groups -OCH3 is 1. The lowest BCUT2D eigenvalue weighted by atomic mass is 10.2. The molecule has 0 amide bonds. The van der Waals surface area contributed by atoms with Crippen molar-refractivity contribution in [2.75, 3.05) is 48.4 Å². The average molecular weight is 339 g/mol. The van der Waals surface area contributed by atoms with Gasteiger partial charge in [0.1, 0.15) is 23.2 Å². The predicted octanol–water partition coefficient (Wildman–Crippen LogP) is 2.69. The molecule has 2 fully saturated rings. The van der Waals surface area contributed by atoms with E-state index in [0.717, 1.165) is 49.4 Å². The van der Waals surface area contributed by atoms with Gasteiger partial charge in [0.2, 0.25) is 0 Å². The number of hydrogen-bond acceptors (Lipinski definition) is 6. The lowest BCUT2D eigenvalue weighted by Gasteiger charge is -2.37. The Labute approximate surface area is 148 Å². The summed E-state index contributed by atoms with van der Waals surface area (Å²) < 4.78 is 5.24. The maximum atomic E-state index is 5.24. The van der Waals surface area contributed by atoms with Crippen LogP contribution < -0.4 is 19.9 Å². The summed E-state index contributed by atoms with van der Waals surface area (Å²) in [6.45, 7) is 5.87. The quantitative estimate of drug-likeness (QED) is 0.904. The van der Waals surface area contributed by atoms with Gasteiger partial charge < -0.3 is 19.9 Å². The molecule has 0 radical (unpaired) electrons. The van der Waals surface area contributed by atoms with Gasteiger partial charge in [-0.2, -0.15) is 0 Å². The molecule has 2 aromatic rings. The molecule has 6 nitrogen and oxygen atoms in total. The van der Waals surface area contributed by atoms with Crippen LogP contribution in [0.2, 0.25) is 0 Å². The smallest absolute Gasteiger partial charge is 0.134 e. The molecule has 132 valence electrons. The van der Waals surface area contributed by atoms with E-state index < -0.39 is 0 Å². The van der Waals surface area contributed by atoms with Crippen molar-refractivity contribution in [1.82, 2.24) is 9.97 Å². The minimum absolute atomic E-state index is 0.606. The van der Waals surface area contributed by atoms with Gasteiger partial charge in [-0.3, -0.25) is 0 Å². The first-order valence-electron chi connectivity index (χ1n) is 8.97. The second-order valence-corrected chi connectivity index (χ2v) is 6.75. The van der Waals surface area contributed by atoms with Crippen LogP contribution in [0.15, 0.2) is 30.3 Å². The number of benzene rings is 1. The van der Waals surface area contributed by atoms with Gasteiger partial charge in [-0.25, -0.2) is 9.97 Å². The van der Waals surface area contributed by atoms with Gasteiger partial charge in [0, 0.05) is 44.0 Å². The normalized spacial score (nSPS) is 17.5. The van der Waals surface area contributed by atoms with Crippen LogP contribution in [0, 0.1) is 6.92 Å². The molecule has 2 heterocycles. The van der Waals surface area contributed by atoms with Crippen LogP contribution in [0.25, 0.3) is 0 Å². The molecule has 1 aromatic heterocycles. The molecule has 1 aromatic carbocycles. The van der Waals surface area contributed by atoms with Crippen molar-refractivity contribution in [3.63, 3.8) is 0 Å². The molecular formula is C19H25N5O. The van der Waals surface area contributed by atoms with E-state index in [1.54, 1.807) is 7.11 Å². The Hall–Kier alpha value is -2.50. The van der Waals surface area contributed by atoms with Crippen molar-refractivity contribution in [2.45, 2.75) is 25.8 Å². The lowest BCUT2D eigenvalue weighted by Crippen LogP contribution is -2.46. The number of ether oxygens (including phenoxy) is 1. The van der Waals surface area contributed by atoms with Gasteiger partial charge in [0.25, 0.3) is 0 Å². The topological polar surface area (TPSA) is 53.5 Å². The first-order chi connectivity index (χ1) is 12.2. The van der Waals surface area contributed by atoms with Gasteiger partial charge in [0.05, 0.1) is 7.11 Å². The van der Waals surface area contributed by atoms with E-state index in [-0.39, 0.29) is 0 Å². The molecule has 2 aliphatic rings. The molecule has 25 heavy (non-hydrogen) atoms. The van der Waals surface area contributed by atoms with Crippen molar-refractivity contribution in [3.05, 3.63) is 36.2 Å². The Morgan fingerprint density at radius 3 is 2.32 bits per heavy atom. The molecule has 0 spiro atoms. The molecule has 1 N–H and O–H groups in total. The minimum Gasteiger partial charge on any atom is -0.497 e. The fourth-order valence-corrected chi connectivity index (χ4v) is 3.21. The highest BCUT2D eigenvalue weighted by Gasteiger charge is 2.23. The van der Waals surface area contributed by atoms with Gasteiger partial charge in [-0.1, -0.05) is 0 Å². The summed E-state index contributed by atoms with van der Waals surface area (Å²) in [6.07, 6.45) is 2.50. The Balaban J connectivity index is 1.41. The summed E-state index contributed by atoms with van der Waals surface area (Å²) in [5.41, 5.74) is 1.25. The van der Waals surface area contributed by atoms with Crippen molar-refractivity contribution in [3.8, 4) is 5.75 Å². The molecule has 6 heteroatoms. The number of hydrogen-bond donors (Lipinski definition) is 1. The van der Waals surface area contributed by atoms with E-state index in [9.17, 15) is 0 Å². The first-order valence-corrected chi connectivity index (χ1v) is 8.97. The Bertz CT molecular complexity index is 721. The molecule has 0 bridgehead atoms. The Morgan fingerprint density at radius 1 is 1.00 bits per heavy atom. The molecular weight excluding hydrogens is 314 g/mol. The van der Waals surface area contributed by atoms with Crippen LogP contribution in [0.5, 0.6) is 5.75 Å². The van der Waals surface area contributed by atoms with E-state index in [1.165, 1.54) is 18.5 Å². The third-order valence-corrected chi connectivity index (χ3v) is 4.80. The summed E-state index contributed by atoms with van der Waals surface area (Å²) in [5.74, 6) is 3.72. The number of nitrogens with one attached hydrogen (secondary N) is 1. The molecule has 1 aliphatic carbocycles. The van der Waals surface area contributed by atoms with E-state index in [0.29, 0.717) is 6.04 Å². The van der Waals surface area contributed by atoms with Crippen LogP contribution in [-0.2, 0) is 0 Å². The maximum Gasteiger partial charge on any atom is 0.134 e. The van der Waals surface area contributed by atoms with Crippen molar-refractivity contribution in [2.24, 2.45) is 0 Å². The van der Waals surface area contributed by atoms with E-state index >= 15 is 0 Å². The molecule has 0 unspecified atom stereocenters. The molecule has 1 aliphatic heterocycles. The van der Waals surface area contributed by atoms with Crippen LogP contribution in [0.1, 0.15) is 18.7 Å². The number of aromatic nitrogens is 2. The summed E-state index contributed by atoms with van der Waals surface area (Å²) in [5, 5.41) is 3.48. The SMILES string of the molecule is COc1ccc(N2CCN(c3cc(NC4CC4)nc(C)n3)CC2)cc1.